The fourth-order valence-corrected chi connectivity index (χ4v) is 6.24. The van der Waals surface area contributed by atoms with E-state index in [-0.39, 0.29) is 0 Å². The quantitative estimate of drug-likeness (QED) is 0.170. The summed E-state index contributed by atoms with van der Waals surface area (Å²) in [6, 6.07) is 49.1. The summed E-state index contributed by atoms with van der Waals surface area (Å²) in [5.41, 5.74) is 8.91. The molecule has 0 aliphatic rings. The average molecular weight is 672 g/mol. The summed E-state index contributed by atoms with van der Waals surface area (Å²) >= 11 is 0. The predicted octanol–water partition coefficient (Wildman–Crippen LogP) is 10.1. The highest BCUT2D eigenvalue weighted by atomic mass is 16.4. The van der Waals surface area contributed by atoms with Crippen LogP contribution >= 0.6 is 0 Å². The fraction of sp³-hybridized carbons (Fsp3) is 0. The molecule has 6 aromatic carbocycles. The van der Waals surface area contributed by atoms with Crippen molar-refractivity contribution in [2.45, 2.75) is 0 Å². The zero-order valence-electron chi connectivity index (χ0n) is 27.4. The first kappa shape index (κ1) is 29.5. The third-order valence-electron chi connectivity index (χ3n) is 8.85. The Hall–Kier alpha value is -7.39. The Labute approximate surface area is 296 Å². The molecule has 0 aliphatic carbocycles. The molecule has 0 spiro atoms. The molecule has 0 saturated heterocycles. The molecule has 0 N–H and O–H groups in total. The number of para-hydroxylation sites is 5. The standard InChI is InChI=1S/C43H25N7O2/c1-2-10-26(11-3-1)37-31-12-4-5-13-32(31)44-40(47-37)41-49-38(27-18-22-29(23-19-27)42-45-33-14-6-8-16-35(33)51-42)48-39(50-41)28-20-24-30(25-21-28)43-46-34-15-7-9-17-36(34)52-43/h1-25H. The number of rotatable bonds is 6. The molecule has 9 nitrogen and oxygen atoms in total. The predicted molar refractivity (Wildman–Crippen MR) is 201 cm³/mol. The van der Waals surface area contributed by atoms with Crippen molar-refractivity contribution in [1.82, 2.24) is 34.9 Å². The van der Waals surface area contributed by atoms with E-state index < -0.39 is 0 Å². The Morgan fingerprint density at radius 2 is 0.731 bits per heavy atom. The SMILES string of the molecule is c1ccc(-c2nc(-c3nc(-c4ccc(-c5nc6ccccc6o5)cc4)nc(-c4ccc(-c5nc6ccccc6o5)cc4)n3)nc3ccccc23)cc1. The molecule has 0 radical (unpaired) electrons. The molecule has 0 unspecified atom stereocenters. The second-order valence-corrected chi connectivity index (χ2v) is 12.2. The van der Waals surface area contributed by atoms with Crippen LogP contribution in [-0.4, -0.2) is 34.9 Å². The summed E-state index contributed by atoms with van der Waals surface area (Å²) < 4.78 is 12.0. The second kappa shape index (κ2) is 12.2. The largest absolute Gasteiger partial charge is 0.436 e. The molecular weight excluding hydrogens is 647 g/mol. The highest BCUT2D eigenvalue weighted by Gasteiger charge is 2.18. The van der Waals surface area contributed by atoms with Crippen LogP contribution in [0.25, 0.3) is 102 Å². The van der Waals surface area contributed by atoms with Crippen molar-refractivity contribution in [3.05, 3.63) is 152 Å². The molecule has 0 saturated carbocycles. The summed E-state index contributed by atoms with van der Waals surface area (Å²) in [5.74, 6) is 2.79. The maximum atomic E-state index is 6.01. The van der Waals surface area contributed by atoms with E-state index in [0.717, 1.165) is 66.6 Å². The van der Waals surface area contributed by atoms with Crippen LogP contribution in [0.5, 0.6) is 0 Å². The Balaban J connectivity index is 1.10. The van der Waals surface area contributed by atoms with Gasteiger partial charge in [-0.15, -0.1) is 0 Å². The lowest BCUT2D eigenvalue weighted by atomic mass is 10.1. The summed E-state index contributed by atoms with van der Waals surface area (Å²) in [7, 11) is 0. The Morgan fingerprint density at radius 3 is 1.29 bits per heavy atom. The van der Waals surface area contributed by atoms with Crippen molar-refractivity contribution in [2.75, 3.05) is 0 Å². The number of hydrogen-bond donors (Lipinski definition) is 0. The third-order valence-corrected chi connectivity index (χ3v) is 8.85. The van der Waals surface area contributed by atoms with Gasteiger partial charge in [-0.1, -0.05) is 97.1 Å². The number of hydrogen-bond acceptors (Lipinski definition) is 9. The van der Waals surface area contributed by atoms with Gasteiger partial charge in [0.1, 0.15) is 11.0 Å². The number of oxazole rings is 2. The van der Waals surface area contributed by atoms with Gasteiger partial charge >= 0.3 is 0 Å². The van der Waals surface area contributed by atoms with Crippen LogP contribution in [0.2, 0.25) is 0 Å². The normalized spacial score (nSPS) is 11.5. The maximum absolute atomic E-state index is 6.01. The van der Waals surface area contributed by atoms with Gasteiger partial charge in [0.2, 0.25) is 17.6 Å². The van der Waals surface area contributed by atoms with Gasteiger partial charge in [-0.25, -0.2) is 34.9 Å². The van der Waals surface area contributed by atoms with Gasteiger partial charge in [0.15, 0.2) is 28.6 Å². The van der Waals surface area contributed by atoms with Crippen LogP contribution in [0.3, 0.4) is 0 Å². The Morgan fingerprint density at radius 1 is 0.288 bits per heavy atom. The van der Waals surface area contributed by atoms with Gasteiger partial charge in [-0.2, -0.15) is 0 Å². The van der Waals surface area contributed by atoms with Crippen molar-refractivity contribution in [3.63, 3.8) is 0 Å². The van der Waals surface area contributed by atoms with E-state index in [1.807, 2.05) is 152 Å². The summed E-state index contributed by atoms with van der Waals surface area (Å²) in [6.45, 7) is 0. The van der Waals surface area contributed by atoms with Crippen LogP contribution in [0.15, 0.2) is 160 Å². The Bertz CT molecular complexity index is 2700. The highest BCUT2D eigenvalue weighted by Crippen LogP contribution is 2.32. The van der Waals surface area contributed by atoms with Crippen LogP contribution in [0.4, 0.5) is 0 Å². The first-order valence-electron chi connectivity index (χ1n) is 16.7. The van der Waals surface area contributed by atoms with Gasteiger partial charge in [0.05, 0.1) is 11.2 Å². The van der Waals surface area contributed by atoms with Gasteiger partial charge < -0.3 is 8.83 Å². The van der Waals surface area contributed by atoms with E-state index in [0.29, 0.717) is 35.1 Å². The van der Waals surface area contributed by atoms with E-state index in [9.17, 15) is 0 Å². The molecule has 10 rings (SSSR count). The third kappa shape index (κ3) is 5.33. The molecule has 0 atom stereocenters. The molecule has 0 amide bonds. The van der Waals surface area contributed by atoms with E-state index in [1.165, 1.54) is 0 Å². The molecule has 10 aromatic rings. The minimum Gasteiger partial charge on any atom is -0.436 e. The van der Waals surface area contributed by atoms with E-state index in [2.05, 4.69) is 9.97 Å². The van der Waals surface area contributed by atoms with E-state index in [4.69, 9.17) is 33.8 Å². The molecular formula is C43H25N7O2. The van der Waals surface area contributed by atoms with Gasteiger partial charge in [-0.05, 0) is 54.6 Å². The molecule has 0 aliphatic heterocycles. The first-order chi connectivity index (χ1) is 25.7. The molecule has 0 bridgehead atoms. The summed E-state index contributed by atoms with van der Waals surface area (Å²) in [4.78, 5) is 34.2. The molecule has 9 heteroatoms. The van der Waals surface area contributed by atoms with Crippen molar-refractivity contribution in [2.24, 2.45) is 0 Å². The topological polar surface area (TPSA) is 117 Å². The minimum absolute atomic E-state index is 0.356. The van der Waals surface area contributed by atoms with Gasteiger partial charge in [-0.3, -0.25) is 0 Å². The fourth-order valence-electron chi connectivity index (χ4n) is 6.24. The highest BCUT2D eigenvalue weighted by molar-refractivity contribution is 5.93. The van der Waals surface area contributed by atoms with Gasteiger partial charge in [0.25, 0.3) is 0 Å². The molecule has 4 aromatic heterocycles. The van der Waals surface area contributed by atoms with Crippen molar-refractivity contribution in [3.8, 4) is 68.6 Å². The number of fused-ring (bicyclic) bond motifs is 3. The lowest BCUT2D eigenvalue weighted by Crippen LogP contribution is -2.03. The minimum atomic E-state index is 0.356. The molecule has 244 valence electrons. The van der Waals surface area contributed by atoms with E-state index >= 15 is 0 Å². The molecule has 0 fully saturated rings. The van der Waals surface area contributed by atoms with Crippen molar-refractivity contribution < 1.29 is 8.83 Å². The zero-order chi connectivity index (χ0) is 34.4. The van der Waals surface area contributed by atoms with Crippen molar-refractivity contribution in [1.29, 1.82) is 0 Å². The lowest BCUT2D eigenvalue weighted by Gasteiger charge is -2.11. The monoisotopic (exact) mass is 671 g/mol. The summed E-state index contributed by atoms with van der Waals surface area (Å²) in [5, 5.41) is 0.941. The molecule has 4 heterocycles. The number of nitrogens with zero attached hydrogens (tertiary/aromatic N) is 7. The van der Waals surface area contributed by atoms with Crippen molar-refractivity contribution >= 4 is 33.1 Å². The van der Waals surface area contributed by atoms with Gasteiger partial charge in [0, 0.05) is 33.2 Å². The summed E-state index contributed by atoms with van der Waals surface area (Å²) in [6.07, 6.45) is 0. The zero-order valence-corrected chi connectivity index (χ0v) is 27.4. The number of aromatic nitrogens is 7. The van der Waals surface area contributed by atoms with E-state index in [1.54, 1.807) is 0 Å². The second-order valence-electron chi connectivity index (χ2n) is 12.2. The smallest absolute Gasteiger partial charge is 0.227 e. The van der Waals surface area contributed by atoms with Crippen LogP contribution in [-0.2, 0) is 0 Å². The maximum Gasteiger partial charge on any atom is 0.227 e. The number of benzene rings is 6. The first-order valence-corrected chi connectivity index (χ1v) is 16.7. The lowest BCUT2D eigenvalue weighted by molar-refractivity contribution is 0.619. The average Bonchev–Trinajstić information content (AvgIpc) is 3.86. The molecule has 52 heavy (non-hydrogen) atoms. The Kier molecular flexibility index (Phi) is 6.92. The van der Waals surface area contributed by atoms with Crippen LogP contribution < -0.4 is 0 Å². The van der Waals surface area contributed by atoms with Crippen LogP contribution in [0.1, 0.15) is 0 Å². The van der Waals surface area contributed by atoms with Crippen LogP contribution in [0, 0.1) is 0 Å².